The van der Waals surface area contributed by atoms with Crippen LogP contribution in [0, 0.1) is 11.8 Å². The largest absolute Gasteiger partial charge is 0.464 e. The van der Waals surface area contributed by atoms with E-state index < -0.39 is 16.0 Å². The lowest BCUT2D eigenvalue weighted by molar-refractivity contribution is 0.0590. The molecule has 3 unspecified atom stereocenters. The zero-order chi connectivity index (χ0) is 15.6. The lowest BCUT2D eigenvalue weighted by atomic mass is 9.79. The van der Waals surface area contributed by atoms with Gasteiger partial charge in [-0.3, -0.25) is 0 Å². The van der Waals surface area contributed by atoms with E-state index in [0.717, 1.165) is 30.6 Å². The first-order chi connectivity index (χ1) is 9.85. The molecule has 118 valence electrons. The second kappa shape index (κ2) is 6.41. The van der Waals surface area contributed by atoms with Gasteiger partial charge in [0.15, 0.2) is 9.90 Å². The van der Waals surface area contributed by atoms with Gasteiger partial charge in [-0.15, -0.1) is 11.3 Å². The molecule has 1 aromatic rings. The SMILES string of the molecule is COC(=O)c1ncsc1S(=O)(=O)NC1CCC(C)C(C)C1. The van der Waals surface area contributed by atoms with Crippen molar-refractivity contribution in [1.82, 2.24) is 9.71 Å². The van der Waals surface area contributed by atoms with Gasteiger partial charge in [-0.05, 0) is 31.1 Å². The quantitative estimate of drug-likeness (QED) is 0.853. The van der Waals surface area contributed by atoms with Gasteiger partial charge in [-0.1, -0.05) is 13.8 Å². The van der Waals surface area contributed by atoms with E-state index >= 15 is 0 Å². The summed E-state index contributed by atoms with van der Waals surface area (Å²) >= 11 is 0.928. The first-order valence-corrected chi connectivity index (χ1v) is 9.25. The Morgan fingerprint density at radius 2 is 2.10 bits per heavy atom. The highest BCUT2D eigenvalue weighted by Gasteiger charge is 2.31. The van der Waals surface area contributed by atoms with Crippen molar-refractivity contribution in [2.75, 3.05) is 7.11 Å². The van der Waals surface area contributed by atoms with Crippen molar-refractivity contribution in [3.63, 3.8) is 0 Å². The molecule has 2 rings (SSSR count). The van der Waals surface area contributed by atoms with E-state index in [9.17, 15) is 13.2 Å². The Hall–Kier alpha value is -0.990. The van der Waals surface area contributed by atoms with Crippen LogP contribution in [0.1, 0.15) is 43.6 Å². The number of rotatable bonds is 4. The molecule has 0 saturated heterocycles. The number of nitrogens with one attached hydrogen (secondary N) is 1. The van der Waals surface area contributed by atoms with E-state index in [2.05, 4.69) is 28.3 Å². The molecular formula is C13H20N2O4S2. The summed E-state index contributed by atoms with van der Waals surface area (Å²) in [5.41, 5.74) is 1.19. The van der Waals surface area contributed by atoms with Crippen LogP contribution in [-0.4, -0.2) is 32.5 Å². The van der Waals surface area contributed by atoms with Crippen LogP contribution in [0.2, 0.25) is 0 Å². The fourth-order valence-electron chi connectivity index (χ4n) is 2.59. The maximum atomic E-state index is 12.4. The van der Waals surface area contributed by atoms with Gasteiger partial charge < -0.3 is 4.74 Å². The van der Waals surface area contributed by atoms with Crippen molar-refractivity contribution in [2.45, 2.75) is 43.4 Å². The van der Waals surface area contributed by atoms with Crippen molar-refractivity contribution in [2.24, 2.45) is 11.8 Å². The highest BCUT2D eigenvalue weighted by atomic mass is 32.2. The van der Waals surface area contributed by atoms with Gasteiger partial charge in [-0.2, -0.15) is 0 Å². The first kappa shape index (κ1) is 16.4. The van der Waals surface area contributed by atoms with Crippen LogP contribution in [0.3, 0.4) is 0 Å². The van der Waals surface area contributed by atoms with Gasteiger partial charge in [0, 0.05) is 6.04 Å². The van der Waals surface area contributed by atoms with Crippen LogP contribution in [0.25, 0.3) is 0 Å². The molecule has 1 N–H and O–H groups in total. The molecular weight excluding hydrogens is 312 g/mol. The molecule has 0 aliphatic heterocycles. The predicted octanol–water partition coefficient (Wildman–Crippen LogP) is 2.03. The molecule has 1 saturated carbocycles. The normalized spacial score (nSPS) is 26.5. The number of thiazole rings is 1. The topological polar surface area (TPSA) is 85.4 Å². The maximum Gasteiger partial charge on any atom is 0.358 e. The van der Waals surface area contributed by atoms with E-state index in [1.807, 2.05) is 0 Å². The fraction of sp³-hybridized carbons (Fsp3) is 0.692. The van der Waals surface area contributed by atoms with Crippen molar-refractivity contribution in [3.8, 4) is 0 Å². The molecule has 0 bridgehead atoms. The number of methoxy groups -OCH3 is 1. The van der Waals surface area contributed by atoms with Gasteiger partial charge in [0.1, 0.15) is 0 Å². The third-order valence-electron chi connectivity index (χ3n) is 4.08. The number of hydrogen-bond acceptors (Lipinski definition) is 6. The van der Waals surface area contributed by atoms with E-state index in [1.54, 1.807) is 0 Å². The molecule has 0 radical (unpaired) electrons. The number of sulfonamides is 1. The summed E-state index contributed by atoms with van der Waals surface area (Å²) in [7, 11) is -2.53. The molecule has 3 atom stereocenters. The predicted molar refractivity (Wildman–Crippen MR) is 79.7 cm³/mol. The lowest BCUT2D eigenvalue weighted by Crippen LogP contribution is -2.39. The Labute approximate surface area is 129 Å². The van der Waals surface area contributed by atoms with E-state index in [-0.39, 0.29) is 15.9 Å². The minimum absolute atomic E-state index is 0.0689. The zero-order valence-corrected chi connectivity index (χ0v) is 14.0. The minimum atomic E-state index is -3.74. The number of esters is 1. The molecule has 1 aliphatic carbocycles. The van der Waals surface area contributed by atoms with Crippen LogP contribution >= 0.6 is 11.3 Å². The smallest absolute Gasteiger partial charge is 0.358 e. The van der Waals surface area contributed by atoms with Gasteiger partial charge in [0.2, 0.25) is 0 Å². The van der Waals surface area contributed by atoms with Crippen LogP contribution in [0.5, 0.6) is 0 Å². The van der Waals surface area contributed by atoms with E-state index in [1.165, 1.54) is 12.6 Å². The molecule has 0 amide bonds. The Kier molecular flexibility index (Phi) is 5.00. The van der Waals surface area contributed by atoms with Gasteiger partial charge in [0.25, 0.3) is 10.0 Å². The summed E-state index contributed by atoms with van der Waals surface area (Å²) in [6.45, 7) is 4.33. The van der Waals surface area contributed by atoms with Crippen LogP contribution in [0.4, 0.5) is 0 Å². The Morgan fingerprint density at radius 3 is 2.71 bits per heavy atom. The molecule has 1 heterocycles. The molecule has 0 aromatic carbocycles. The van der Waals surface area contributed by atoms with Crippen LogP contribution in [0.15, 0.2) is 9.72 Å². The van der Waals surface area contributed by atoms with Gasteiger partial charge in [0.05, 0.1) is 12.6 Å². The zero-order valence-electron chi connectivity index (χ0n) is 12.3. The summed E-state index contributed by atoms with van der Waals surface area (Å²) in [6.07, 6.45) is 2.63. The van der Waals surface area contributed by atoms with E-state index in [4.69, 9.17) is 0 Å². The summed E-state index contributed by atoms with van der Waals surface area (Å²) in [5, 5.41) is 0. The molecule has 1 fully saturated rings. The van der Waals surface area contributed by atoms with Gasteiger partial charge in [-0.25, -0.2) is 22.9 Å². The summed E-state index contributed by atoms with van der Waals surface area (Å²) < 4.78 is 32.1. The number of ether oxygens (including phenoxy) is 1. The first-order valence-electron chi connectivity index (χ1n) is 6.89. The Morgan fingerprint density at radius 1 is 1.38 bits per heavy atom. The standard InChI is InChI=1S/C13H20N2O4S2/c1-8-4-5-10(6-9(8)2)15-21(17,18)13-11(12(16)19-3)14-7-20-13/h7-10,15H,4-6H2,1-3H3. The monoisotopic (exact) mass is 332 g/mol. The molecule has 0 spiro atoms. The Balaban J connectivity index is 2.16. The average Bonchev–Trinajstić information content (AvgIpc) is 2.92. The maximum absolute atomic E-state index is 12.4. The van der Waals surface area contributed by atoms with Crippen LogP contribution in [-0.2, 0) is 14.8 Å². The summed E-state index contributed by atoms with van der Waals surface area (Å²) in [4.78, 5) is 15.4. The molecule has 1 aliphatic rings. The van der Waals surface area contributed by atoms with Gasteiger partial charge >= 0.3 is 5.97 Å². The fourth-order valence-corrected chi connectivity index (χ4v) is 5.02. The molecule has 6 nitrogen and oxygen atoms in total. The van der Waals surface area contributed by atoms with E-state index in [0.29, 0.717) is 11.8 Å². The van der Waals surface area contributed by atoms with Crippen molar-refractivity contribution in [1.29, 1.82) is 0 Å². The number of hydrogen-bond donors (Lipinski definition) is 1. The number of carbonyl (C=O) groups is 1. The number of carbonyl (C=O) groups excluding carboxylic acids is 1. The second-order valence-corrected chi connectivity index (χ2v) is 8.33. The molecule has 8 heteroatoms. The second-order valence-electron chi connectivity index (χ2n) is 5.57. The highest BCUT2D eigenvalue weighted by molar-refractivity contribution is 7.91. The molecule has 21 heavy (non-hydrogen) atoms. The number of aromatic nitrogens is 1. The highest BCUT2D eigenvalue weighted by Crippen LogP contribution is 2.30. The Bertz CT molecular complexity index is 611. The van der Waals surface area contributed by atoms with Crippen LogP contribution < -0.4 is 4.72 Å². The van der Waals surface area contributed by atoms with Crippen molar-refractivity contribution in [3.05, 3.63) is 11.2 Å². The summed E-state index contributed by atoms with van der Waals surface area (Å²) in [6, 6.07) is -0.0891. The third-order valence-corrected chi connectivity index (χ3v) is 6.97. The average molecular weight is 332 g/mol. The lowest BCUT2D eigenvalue weighted by Gasteiger charge is -2.32. The molecule has 1 aromatic heterocycles. The summed E-state index contributed by atoms with van der Waals surface area (Å²) in [5.74, 6) is 0.357. The van der Waals surface area contributed by atoms with Crippen molar-refractivity contribution >= 4 is 27.3 Å². The number of nitrogens with zero attached hydrogens (tertiary/aromatic N) is 1. The third kappa shape index (κ3) is 3.61. The van der Waals surface area contributed by atoms with Crippen molar-refractivity contribution < 1.29 is 17.9 Å². The minimum Gasteiger partial charge on any atom is -0.464 e.